The summed E-state index contributed by atoms with van der Waals surface area (Å²) in [7, 11) is 0. The summed E-state index contributed by atoms with van der Waals surface area (Å²) >= 11 is -2.39. The second kappa shape index (κ2) is 8.24. The van der Waals surface area contributed by atoms with Gasteiger partial charge in [0.1, 0.15) is 0 Å². The van der Waals surface area contributed by atoms with Gasteiger partial charge in [0.15, 0.2) is 0 Å². The summed E-state index contributed by atoms with van der Waals surface area (Å²) in [4.78, 5) is 0. The first-order chi connectivity index (χ1) is 10.1. The number of allylic oxidation sites excluding steroid dienone is 4. The van der Waals surface area contributed by atoms with Crippen molar-refractivity contribution in [2.75, 3.05) is 12.3 Å². The van der Waals surface area contributed by atoms with Crippen LogP contribution in [0.3, 0.4) is 0 Å². The molecule has 1 aliphatic carbocycles. The van der Waals surface area contributed by atoms with Crippen LogP contribution in [0.5, 0.6) is 0 Å². The van der Waals surface area contributed by atoms with Crippen LogP contribution in [0.25, 0.3) is 0 Å². The molecule has 1 aliphatic rings. The molecule has 0 aromatic carbocycles. The zero-order chi connectivity index (χ0) is 17.1. The van der Waals surface area contributed by atoms with E-state index in [9.17, 15) is 0 Å². The van der Waals surface area contributed by atoms with Gasteiger partial charge in [-0.2, -0.15) is 0 Å². The van der Waals surface area contributed by atoms with Gasteiger partial charge in [-0.1, -0.05) is 0 Å². The summed E-state index contributed by atoms with van der Waals surface area (Å²) in [6.45, 7) is 16.9. The molecular weight excluding hydrogens is 450 g/mol. The molecule has 0 saturated carbocycles. The summed E-state index contributed by atoms with van der Waals surface area (Å²) in [5, 5.41) is 0.288. The van der Waals surface area contributed by atoms with Crippen molar-refractivity contribution in [3.05, 3.63) is 20.0 Å². The van der Waals surface area contributed by atoms with Crippen LogP contribution in [0.15, 0.2) is 20.0 Å². The van der Waals surface area contributed by atoms with E-state index in [4.69, 9.17) is 0 Å². The Morgan fingerprint density at radius 3 is 1.64 bits per heavy atom. The fraction of sp³-hybridized carbons (Fsp3) is 0.800. The van der Waals surface area contributed by atoms with Gasteiger partial charge in [0.2, 0.25) is 0 Å². The topological polar surface area (TPSA) is 0 Å². The Morgan fingerprint density at radius 1 is 0.864 bits per heavy atom. The first-order valence-electron chi connectivity index (χ1n) is 9.27. The molecule has 0 aliphatic heterocycles. The van der Waals surface area contributed by atoms with Crippen molar-refractivity contribution in [1.29, 1.82) is 0 Å². The van der Waals surface area contributed by atoms with E-state index in [2.05, 4.69) is 57.8 Å². The Labute approximate surface area is 145 Å². The average Bonchev–Trinajstić information content (AvgIpc) is 2.59. The SMILES string of the molecule is CCCC[P](CCCC)[Hf]([CH3])([CH3])[C]1=C(C)C(C)=C(C)C1(C)C. The Hall–Kier alpha value is 0.780. The molecule has 0 saturated heterocycles. The van der Waals surface area contributed by atoms with E-state index in [1.807, 2.05) is 3.33 Å². The molecule has 128 valence electrons. The average molecular weight is 489 g/mol. The Bertz CT molecular complexity index is 446. The van der Waals surface area contributed by atoms with Gasteiger partial charge >= 0.3 is 146 Å². The molecule has 0 nitrogen and oxygen atoms in total. The van der Waals surface area contributed by atoms with Crippen molar-refractivity contribution in [1.82, 2.24) is 0 Å². The third-order valence-corrected chi connectivity index (χ3v) is 41.0. The maximum atomic E-state index is 2.77. The number of unbranched alkanes of at least 4 members (excludes halogenated alkanes) is 2. The Balaban J connectivity index is 3.19. The van der Waals surface area contributed by atoms with Crippen LogP contribution in [-0.4, -0.2) is 12.3 Å². The summed E-state index contributed by atoms with van der Waals surface area (Å²) in [5.41, 5.74) is 5.29. The van der Waals surface area contributed by atoms with Crippen LogP contribution >= 0.6 is 5.27 Å². The van der Waals surface area contributed by atoms with Crippen molar-refractivity contribution >= 4 is 5.27 Å². The first-order valence-corrected chi connectivity index (χ1v) is 24.8. The molecule has 22 heavy (non-hydrogen) atoms. The van der Waals surface area contributed by atoms with Gasteiger partial charge in [-0.15, -0.1) is 0 Å². The van der Waals surface area contributed by atoms with Gasteiger partial charge in [-0.25, -0.2) is 0 Å². The van der Waals surface area contributed by atoms with Crippen LogP contribution in [0.1, 0.15) is 74.1 Å². The van der Waals surface area contributed by atoms with Crippen LogP contribution in [0.2, 0.25) is 9.36 Å². The van der Waals surface area contributed by atoms with Crippen molar-refractivity contribution in [2.24, 2.45) is 5.41 Å². The van der Waals surface area contributed by atoms with E-state index in [1.54, 1.807) is 29.0 Å². The predicted molar refractivity (Wildman–Crippen MR) is 103 cm³/mol. The minimum absolute atomic E-state index is 0.288. The van der Waals surface area contributed by atoms with Crippen molar-refractivity contribution in [2.45, 2.75) is 83.5 Å². The van der Waals surface area contributed by atoms with Crippen molar-refractivity contribution < 1.29 is 19.4 Å². The van der Waals surface area contributed by atoms with Gasteiger partial charge < -0.3 is 0 Å². The molecule has 1 rings (SSSR count). The number of rotatable bonds is 8. The molecular formula is C20H39HfP. The van der Waals surface area contributed by atoms with Gasteiger partial charge in [0, 0.05) is 0 Å². The fourth-order valence-electron chi connectivity index (χ4n) is 4.34. The first kappa shape index (κ1) is 20.8. The Kier molecular flexibility index (Phi) is 7.80. The zero-order valence-electron chi connectivity index (χ0n) is 16.7. The molecule has 0 aromatic rings. The van der Waals surface area contributed by atoms with E-state index < -0.39 is 19.4 Å². The third-order valence-electron chi connectivity index (χ3n) is 6.03. The van der Waals surface area contributed by atoms with Crippen LogP contribution < -0.4 is 0 Å². The van der Waals surface area contributed by atoms with Crippen molar-refractivity contribution in [3.63, 3.8) is 0 Å². The van der Waals surface area contributed by atoms with E-state index in [0.717, 1.165) is 0 Å². The quantitative estimate of drug-likeness (QED) is 0.241. The molecule has 0 heterocycles. The van der Waals surface area contributed by atoms with Crippen LogP contribution in [0.4, 0.5) is 0 Å². The molecule has 0 unspecified atom stereocenters. The molecule has 0 fully saturated rings. The maximum absolute atomic E-state index is 2.77. The molecule has 0 atom stereocenters. The summed E-state index contributed by atoms with van der Waals surface area (Å²) < 4.78 is 7.51. The normalized spacial score (nSPS) is 18.8. The predicted octanol–water partition coefficient (Wildman–Crippen LogP) is 7.88. The zero-order valence-corrected chi connectivity index (χ0v) is 21.2. The van der Waals surface area contributed by atoms with E-state index in [1.165, 1.54) is 25.7 Å². The van der Waals surface area contributed by atoms with Gasteiger partial charge in [-0.3, -0.25) is 0 Å². The van der Waals surface area contributed by atoms with E-state index >= 15 is 0 Å². The van der Waals surface area contributed by atoms with Crippen LogP contribution in [0, 0.1) is 5.41 Å². The Morgan fingerprint density at radius 2 is 1.32 bits per heavy atom. The second-order valence-electron chi connectivity index (χ2n) is 8.13. The molecule has 0 N–H and O–H groups in total. The van der Waals surface area contributed by atoms with Crippen molar-refractivity contribution in [3.8, 4) is 0 Å². The minimum atomic E-state index is -2.39. The molecule has 0 bridgehead atoms. The van der Waals surface area contributed by atoms with Gasteiger partial charge in [0.25, 0.3) is 0 Å². The third kappa shape index (κ3) is 4.05. The van der Waals surface area contributed by atoms with E-state index in [0.29, 0.717) is 5.41 Å². The molecule has 0 spiro atoms. The monoisotopic (exact) mass is 490 g/mol. The second-order valence-corrected chi connectivity index (χ2v) is 39.1. The number of hydrogen-bond acceptors (Lipinski definition) is 0. The van der Waals surface area contributed by atoms with E-state index in [-0.39, 0.29) is 5.27 Å². The molecule has 2 heteroatoms. The summed E-state index contributed by atoms with van der Waals surface area (Å²) in [5.74, 6) is 0. The standard InChI is InChI=1S/C10H15.C8H18P.2CH3.Hf/c1-7-6-10(4,5)9(3)8(7)2;1-3-5-7-9-8-6-4-2;;;/h1-5H3;3-8H2,1-2H3;2*1H3;/q;-1;;;+1. The summed E-state index contributed by atoms with van der Waals surface area (Å²) in [6.07, 6.45) is 8.74. The van der Waals surface area contributed by atoms with Crippen LogP contribution in [-0.2, 0) is 19.4 Å². The van der Waals surface area contributed by atoms with Gasteiger partial charge in [0.05, 0.1) is 0 Å². The molecule has 0 radical (unpaired) electrons. The van der Waals surface area contributed by atoms with Gasteiger partial charge in [-0.05, 0) is 0 Å². The number of hydrogen-bond donors (Lipinski definition) is 0. The molecule has 0 aromatic heterocycles. The fourth-order valence-corrected chi connectivity index (χ4v) is 40.1. The molecule has 0 amide bonds. The summed E-state index contributed by atoms with van der Waals surface area (Å²) in [6, 6.07) is 0.